The lowest BCUT2D eigenvalue weighted by molar-refractivity contribution is 0.111. The van der Waals surface area contributed by atoms with Crippen LogP contribution in [0.15, 0.2) is 30.5 Å². The molecular weight excluding hydrogens is 202 g/mol. The van der Waals surface area contributed by atoms with Crippen molar-refractivity contribution in [2.75, 3.05) is 0 Å². The summed E-state index contributed by atoms with van der Waals surface area (Å²) >= 11 is 0. The van der Waals surface area contributed by atoms with Gasteiger partial charge >= 0.3 is 0 Å². The molecule has 0 amide bonds. The van der Waals surface area contributed by atoms with E-state index in [9.17, 15) is 4.79 Å². The number of nitrogens with zero attached hydrogens (tertiary/aromatic N) is 3. The Morgan fingerprint density at radius 1 is 1.44 bits per heavy atom. The fourth-order valence-corrected chi connectivity index (χ4v) is 1.39. The highest BCUT2D eigenvalue weighted by molar-refractivity contribution is 5.69. The van der Waals surface area contributed by atoms with Gasteiger partial charge in [0, 0.05) is 6.54 Å². The fourth-order valence-electron chi connectivity index (χ4n) is 1.39. The van der Waals surface area contributed by atoms with Crippen LogP contribution in [0.1, 0.15) is 21.7 Å². The Labute approximate surface area is 92.8 Å². The molecule has 0 spiro atoms. The number of aromatic nitrogens is 2. The van der Waals surface area contributed by atoms with E-state index in [0.717, 1.165) is 5.56 Å². The largest absolute Gasteiger partial charge is 0.316 e. The second-order valence-electron chi connectivity index (χ2n) is 3.26. The molecule has 77 valence electrons. The quantitative estimate of drug-likeness (QED) is 0.720. The molecule has 0 saturated carbocycles. The van der Waals surface area contributed by atoms with Gasteiger partial charge in [0.1, 0.15) is 0 Å². The summed E-state index contributed by atoms with van der Waals surface area (Å²) < 4.78 is 1.63. The normalized spacial score (nSPS) is 9.69. The van der Waals surface area contributed by atoms with Crippen molar-refractivity contribution in [2.24, 2.45) is 0 Å². The molecule has 0 bridgehead atoms. The molecule has 4 nitrogen and oxygen atoms in total. The van der Waals surface area contributed by atoms with E-state index in [2.05, 4.69) is 17.3 Å². The van der Waals surface area contributed by atoms with Crippen molar-refractivity contribution in [3.05, 3.63) is 53.6 Å². The van der Waals surface area contributed by atoms with Crippen molar-refractivity contribution < 1.29 is 4.79 Å². The van der Waals surface area contributed by atoms with Gasteiger partial charge < -0.3 is 4.57 Å². The monoisotopic (exact) mass is 210 g/mol. The molecule has 1 aromatic heterocycles. The molecular formula is C12H8N3O. The highest BCUT2D eigenvalue weighted by Gasteiger charge is 2.02. The Hall–Kier alpha value is -2.41. The number of hydrogen-bond donors (Lipinski definition) is 0. The first-order valence-corrected chi connectivity index (χ1v) is 4.71. The molecule has 1 heterocycles. The Morgan fingerprint density at radius 3 is 2.81 bits per heavy atom. The zero-order chi connectivity index (χ0) is 11.4. The predicted molar refractivity (Wildman–Crippen MR) is 56.7 cm³/mol. The molecule has 0 aliphatic heterocycles. The van der Waals surface area contributed by atoms with Crippen molar-refractivity contribution in [1.82, 2.24) is 9.55 Å². The molecule has 0 unspecified atom stereocenters. The van der Waals surface area contributed by atoms with Gasteiger partial charge in [-0.1, -0.05) is 12.1 Å². The van der Waals surface area contributed by atoms with Gasteiger partial charge in [0.05, 0.1) is 24.0 Å². The Kier molecular flexibility index (Phi) is 2.79. The summed E-state index contributed by atoms with van der Waals surface area (Å²) in [4.78, 5) is 14.5. The smallest absolute Gasteiger partial charge is 0.185 e. The summed E-state index contributed by atoms with van der Waals surface area (Å²) in [7, 11) is 0. The topological polar surface area (TPSA) is 58.7 Å². The molecule has 0 saturated heterocycles. The summed E-state index contributed by atoms with van der Waals surface area (Å²) in [5.41, 5.74) is 1.62. The molecule has 1 radical (unpaired) electrons. The van der Waals surface area contributed by atoms with Crippen LogP contribution in [0.3, 0.4) is 0 Å². The van der Waals surface area contributed by atoms with Gasteiger partial charge in [-0.15, -0.1) is 0 Å². The molecule has 1 aromatic carbocycles. The molecule has 0 aliphatic carbocycles. The van der Waals surface area contributed by atoms with Gasteiger partial charge in [-0.25, -0.2) is 4.98 Å². The lowest BCUT2D eigenvalue weighted by Gasteiger charge is -2.03. The number of carbonyl (C=O) groups excluding carboxylic acids is 1. The first-order valence-electron chi connectivity index (χ1n) is 4.71. The Bertz CT molecular complexity index is 534. The van der Waals surface area contributed by atoms with Crippen LogP contribution in [0.4, 0.5) is 0 Å². The van der Waals surface area contributed by atoms with E-state index in [1.54, 1.807) is 16.7 Å². The van der Waals surface area contributed by atoms with E-state index >= 15 is 0 Å². The summed E-state index contributed by atoms with van der Waals surface area (Å²) in [5.74, 6) is 0.351. The zero-order valence-electron chi connectivity index (χ0n) is 8.42. The molecule has 2 aromatic rings. The standard InChI is InChI=1S/C12H8N3O/c13-7-10-1-3-11(4-2-10)8-15-6-5-14-12(15)9-16/h1-5,9H,8H2. The van der Waals surface area contributed by atoms with Crippen molar-refractivity contribution in [1.29, 1.82) is 5.26 Å². The fraction of sp³-hybridized carbons (Fsp3) is 0.0833. The molecule has 2 rings (SSSR count). The highest BCUT2D eigenvalue weighted by atomic mass is 16.1. The van der Waals surface area contributed by atoms with Gasteiger partial charge in [-0.3, -0.25) is 4.79 Å². The highest BCUT2D eigenvalue weighted by Crippen LogP contribution is 2.06. The van der Waals surface area contributed by atoms with Crippen LogP contribution < -0.4 is 0 Å². The van der Waals surface area contributed by atoms with Crippen molar-refractivity contribution in [3.8, 4) is 6.07 Å². The van der Waals surface area contributed by atoms with E-state index in [4.69, 9.17) is 5.26 Å². The number of benzene rings is 1. The minimum Gasteiger partial charge on any atom is -0.316 e. The molecule has 16 heavy (non-hydrogen) atoms. The third kappa shape index (κ3) is 1.98. The van der Waals surface area contributed by atoms with E-state index < -0.39 is 0 Å². The van der Waals surface area contributed by atoms with Crippen LogP contribution in [0.5, 0.6) is 0 Å². The molecule has 0 N–H and O–H groups in total. The van der Waals surface area contributed by atoms with E-state index in [-0.39, 0.29) is 0 Å². The van der Waals surface area contributed by atoms with Crippen LogP contribution in [-0.2, 0) is 6.54 Å². The third-order valence-corrected chi connectivity index (χ3v) is 2.22. The lowest BCUT2D eigenvalue weighted by atomic mass is 10.1. The van der Waals surface area contributed by atoms with Gasteiger partial charge in [0.15, 0.2) is 12.1 Å². The summed E-state index contributed by atoms with van der Waals surface area (Å²) in [6.45, 7) is 0.528. The van der Waals surface area contributed by atoms with E-state index in [1.165, 1.54) is 6.20 Å². The van der Waals surface area contributed by atoms with Crippen LogP contribution in [0.25, 0.3) is 0 Å². The third-order valence-electron chi connectivity index (χ3n) is 2.22. The van der Waals surface area contributed by atoms with Crippen LogP contribution in [0, 0.1) is 17.5 Å². The minimum absolute atomic E-state index is 0.351. The number of rotatable bonds is 3. The number of aldehydes is 1. The van der Waals surface area contributed by atoms with Gasteiger partial charge in [-0.2, -0.15) is 5.26 Å². The van der Waals surface area contributed by atoms with Crippen LogP contribution in [-0.4, -0.2) is 15.8 Å². The van der Waals surface area contributed by atoms with E-state index in [1.807, 2.05) is 12.1 Å². The second kappa shape index (κ2) is 4.41. The van der Waals surface area contributed by atoms with Crippen molar-refractivity contribution in [3.63, 3.8) is 0 Å². The number of nitriles is 1. The first kappa shape index (κ1) is 10.1. The number of carbonyl (C=O) groups is 1. The molecule has 0 atom stereocenters. The number of hydrogen-bond acceptors (Lipinski definition) is 3. The minimum atomic E-state index is 0.351. The second-order valence-corrected chi connectivity index (χ2v) is 3.26. The summed E-state index contributed by atoms with van der Waals surface area (Å²) in [6, 6.07) is 9.23. The number of imidazole rings is 1. The Balaban J connectivity index is 2.21. The van der Waals surface area contributed by atoms with Crippen molar-refractivity contribution in [2.45, 2.75) is 6.54 Å². The lowest BCUT2D eigenvalue weighted by Crippen LogP contribution is -2.03. The maximum Gasteiger partial charge on any atom is 0.185 e. The SMILES string of the molecule is N#Cc1ccc(Cn2[c]cnc2C=O)cc1. The maximum absolute atomic E-state index is 10.6. The van der Waals surface area contributed by atoms with Crippen LogP contribution >= 0.6 is 0 Å². The first-order chi connectivity index (χ1) is 7.83. The van der Waals surface area contributed by atoms with Crippen LogP contribution in [0.2, 0.25) is 0 Å². The van der Waals surface area contributed by atoms with E-state index in [0.29, 0.717) is 24.2 Å². The van der Waals surface area contributed by atoms with Gasteiger partial charge in [0.25, 0.3) is 0 Å². The van der Waals surface area contributed by atoms with Gasteiger partial charge in [-0.05, 0) is 17.7 Å². The average molecular weight is 210 g/mol. The summed E-state index contributed by atoms with van der Waals surface area (Å²) in [6.07, 6.45) is 5.00. The predicted octanol–water partition coefficient (Wildman–Crippen LogP) is 1.42. The summed E-state index contributed by atoms with van der Waals surface area (Å²) in [5, 5.41) is 8.65. The Morgan fingerprint density at radius 2 is 2.19 bits per heavy atom. The molecule has 0 fully saturated rings. The average Bonchev–Trinajstić information content (AvgIpc) is 2.77. The van der Waals surface area contributed by atoms with Gasteiger partial charge in [0.2, 0.25) is 0 Å². The molecule has 0 aliphatic rings. The zero-order valence-corrected chi connectivity index (χ0v) is 8.42. The molecule has 4 heteroatoms. The van der Waals surface area contributed by atoms with Crippen molar-refractivity contribution >= 4 is 6.29 Å². The maximum atomic E-state index is 10.6.